The zero-order valence-corrected chi connectivity index (χ0v) is 20.1. The molecule has 1 fully saturated rings. The molecule has 0 unspecified atom stereocenters. The van der Waals surface area contributed by atoms with Crippen molar-refractivity contribution in [3.8, 4) is 5.06 Å². The Morgan fingerprint density at radius 3 is 2.61 bits per heavy atom. The third kappa shape index (κ3) is 6.25. The fraction of sp³-hybridized carbons (Fsp3) is 0.261. The first-order chi connectivity index (χ1) is 17.1. The number of hydrogen-bond acceptors (Lipinski definition) is 7. The first-order valence-electron chi connectivity index (χ1n) is 10.6. The molecular weight excluding hydrogens is 521 g/mol. The lowest BCUT2D eigenvalue weighted by Gasteiger charge is -2.26. The van der Waals surface area contributed by atoms with Gasteiger partial charge in [0.25, 0.3) is 0 Å². The van der Waals surface area contributed by atoms with Gasteiger partial charge in [0.05, 0.1) is 29.6 Å². The van der Waals surface area contributed by atoms with Gasteiger partial charge in [0.1, 0.15) is 5.54 Å². The van der Waals surface area contributed by atoms with E-state index in [9.17, 15) is 22.8 Å². The molecule has 1 aliphatic heterocycles. The summed E-state index contributed by atoms with van der Waals surface area (Å²) in [6, 6.07) is 9.99. The van der Waals surface area contributed by atoms with Gasteiger partial charge in [0.2, 0.25) is 11.0 Å². The molecule has 2 amide bonds. The fourth-order valence-corrected chi connectivity index (χ4v) is 4.18. The molecule has 1 aromatic heterocycles. The third-order valence-electron chi connectivity index (χ3n) is 5.37. The summed E-state index contributed by atoms with van der Waals surface area (Å²) >= 11 is 6.86. The van der Waals surface area contributed by atoms with Crippen LogP contribution in [0.2, 0.25) is 5.02 Å². The fourth-order valence-electron chi connectivity index (χ4n) is 3.54. The number of ether oxygens (including phenoxy) is 2. The summed E-state index contributed by atoms with van der Waals surface area (Å²) < 4.78 is 50.4. The second kappa shape index (κ2) is 10.7. The van der Waals surface area contributed by atoms with Crippen LogP contribution in [0, 0.1) is 0 Å². The predicted molar refractivity (Wildman–Crippen MR) is 127 cm³/mol. The number of rotatable bonds is 7. The van der Waals surface area contributed by atoms with E-state index >= 15 is 0 Å². The number of hydrogen-bond donors (Lipinski definition) is 3. The maximum absolute atomic E-state index is 13.3. The van der Waals surface area contributed by atoms with E-state index in [0.29, 0.717) is 17.9 Å². The van der Waals surface area contributed by atoms with Crippen molar-refractivity contribution in [1.29, 1.82) is 0 Å². The molecule has 0 radical (unpaired) electrons. The second-order valence-electron chi connectivity index (χ2n) is 7.91. The van der Waals surface area contributed by atoms with Gasteiger partial charge in [-0.2, -0.15) is 13.2 Å². The van der Waals surface area contributed by atoms with Crippen LogP contribution in [-0.2, 0) is 22.3 Å². The molecule has 1 atom stereocenters. The molecule has 190 valence electrons. The van der Waals surface area contributed by atoms with Gasteiger partial charge < -0.3 is 25.4 Å². The summed E-state index contributed by atoms with van der Waals surface area (Å²) in [5.41, 5.74) is 0.332. The van der Waals surface area contributed by atoms with Crippen LogP contribution in [0.4, 0.5) is 29.3 Å². The quantitative estimate of drug-likeness (QED) is 0.384. The summed E-state index contributed by atoms with van der Waals surface area (Å²) in [5, 5.41) is 8.37. The Labute approximate surface area is 212 Å². The molecule has 0 saturated carbocycles. The van der Waals surface area contributed by atoms with Gasteiger partial charge >= 0.3 is 12.3 Å². The summed E-state index contributed by atoms with van der Waals surface area (Å²) in [6.45, 7) is 0.405. The lowest BCUT2D eigenvalue weighted by atomic mass is 9.97. The normalized spacial score (nSPS) is 17.4. The van der Waals surface area contributed by atoms with Gasteiger partial charge in [-0.25, -0.2) is 9.78 Å². The monoisotopic (exact) mass is 540 g/mol. The highest BCUT2D eigenvalue weighted by Crippen LogP contribution is 2.37. The molecule has 0 bridgehead atoms. The molecule has 2 heterocycles. The maximum Gasteiger partial charge on any atom is 0.418 e. The molecular formula is C23H20ClF3N4O4S. The third-order valence-corrected chi connectivity index (χ3v) is 6.26. The zero-order valence-electron chi connectivity index (χ0n) is 18.5. The molecule has 1 saturated heterocycles. The van der Waals surface area contributed by atoms with E-state index in [2.05, 4.69) is 20.9 Å². The van der Waals surface area contributed by atoms with E-state index < -0.39 is 29.3 Å². The standard InChI is InChI=1S/C23H20ClF3N4O4S/c24-15-3-6-18(17(9-15)23(25,26)27)30-16-4-1-14(2-5-16)10-29-20(32)22(7-8-34-12-22)31-21(33)35-19-11-28-13-36-19/h1-6,9,11,13,30H,7-8,10,12H2,(H,29,32)(H,31,33)/t22-/m0/s1. The van der Waals surface area contributed by atoms with Crippen LogP contribution in [0.15, 0.2) is 54.2 Å². The van der Waals surface area contributed by atoms with Crippen molar-refractivity contribution in [2.24, 2.45) is 0 Å². The van der Waals surface area contributed by atoms with Gasteiger partial charge in [-0.1, -0.05) is 35.1 Å². The van der Waals surface area contributed by atoms with Gasteiger partial charge in [-0.15, -0.1) is 0 Å². The lowest BCUT2D eigenvalue weighted by molar-refractivity contribution is -0.137. The smallest absolute Gasteiger partial charge is 0.397 e. The number of alkyl halides is 3. The predicted octanol–water partition coefficient (Wildman–Crippen LogP) is 5.12. The lowest BCUT2D eigenvalue weighted by Crippen LogP contribution is -2.59. The van der Waals surface area contributed by atoms with Crippen LogP contribution in [0.25, 0.3) is 0 Å². The molecule has 3 N–H and O–H groups in total. The van der Waals surface area contributed by atoms with E-state index in [4.69, 9.17) is 21.1 Å². The zero-order chi connectivity index (χ0) is 25.8. The number of nitrogens with zero attached hydrogens (tertiary/aromatic N) is 1. The molecule has 36 heavy (non-hydrogen) atoms. The Morgan fingerprint density at radius 1 is 1.19 bits per heavy atom. The average molecular weight is 541 g/mol. The highest BCUT2D eigenvalue weighted by Gasteiger charge is 2.44. The largest absolute Gasteiger partial charge is 0.418 e. The number of halogens is 4. The van der Waals surface area contributed by atoms with Gasteiger partial charge in [-0.3, -0.25) is 4.79 Å². The van der Waals surface area contributed by atoms with Gasteiger partial charge in [-0.05, 0) is 35.9 Å². The number of carbonyl (C=O) groups is 2. The number of thiazole rings is 1. The van der Waals surface area contributed by atoms with Crippen LogP contribution < -0.4 is 20.7 Å². The summed E-state index contributed by atoms with van der Waals surface area (Å²) in [5.74, 6) is -0.445. The van der Waals surface area contributed by atoms with E-state index in [0.717, 1.165) is 17.4 Å². The summed E-state index contributed by atoms with van der Waals surface area (Å²) in [4.78, 5) is 29.0. The molecule has 4 rings (SSSR count). The molecule has 1 aliphatic rings. The van der Waals surface area contributed by atoms with Crippen molar-refractivity contribution in [3.05, 3.63) is 70.3 Å². The molecule has 2 aromatic carbocycles. The van der Waals surface area contributed by atoms with Gasteiger partial charge in [0, 0.05) is 30.3 Å². The molecule has 8 nitrogen and oxygen atoms in total. The number of anilines is 2. The van der Waals surface area contributed by atoms with Crippen LogP contribution in [-0.4, -0.2) is 35.7 Å². The SMILES string of the molecule is O=C(N[C@@]1(C(=O)NCc2ccc(Nc3ccc(Cl)cc3C(F)(F)F)cc2)CCOC1)Oc1cncs1. The minimum absolute atomic E-state index is 0.0118. The minimum Gasteiger partial charge on any atom is -0.397 e. The highest BCUT2D eigenvalue weighted by atomic mass is 35.5. The first-order valence-corrected chi connectivity index (χ1v) is 11.9. The number of carbonyl (C=O) groups excluding carboxylic acids is 2. The highest BCUT2D eigenvalue weighted by molar-refractivity contribution is 7.11. The van der Waals surface area contributed by atoms with Crippen LogP contribution in [0.5, 0.6) is 5.06 Å². The van der Waals surface area contributed by atoms with Crippen LogP contribution in [0.1, 0.15) is 17.5 Å². The minimum atomic E-state index is -4.57. The van der Waals surface area contributed by atoms with Crippen molar-refractivity contribution >= 4 is 46.3 Å². The molecule has 0 aliphatic carbocycles. The summed E-state index contributed by atoms with van der Waals surface area (Å²) in [7, 11) is 0. The Bertz CT molecular complexity index is 1220. The van der Waals surface area contributed by atoms with Crippen molar-refractivity contribution in [2.45, 2.75) is 24.7 Å². The van der Waals surface area contributed by atoms with Gasteiger partial charge in [0.15, 0.2) is 0 Å². The first kappa shape index (κ1) is 25.7. The van der Waals surface area contributed by atoms with Crippen molar-refractivity contribution in [1.82, 2.24) is 15.6 Å². The van der Waals surface area contributed by atoms with Crippen molar-refractivity contribution < 1.29 is 32.2 Å². The Hall–Kier alpha value is -3.35. The maximum atomic E-state index is 13.3. The van der Waals surface area contributed by atoms with E-state index in [1.165, 1.54) is 23.8 Å². The topological polar surface area (TPSA) is 102 Å². The molecule has 3 aromatic rings. The Balaban J connectivity index is 1.37. The number of aromatic nitrogens is 1. The number of amides is 2. The Morgan fingerprint density at radius 2 is 1.97 bits per heavy atom. The van der Waals surface area contributed by atoms with Crippen LogP contribution in [0.3, 0.4) is 0 Å². The molecule has 13 heteroatoms. The average Bonchev–Trinajstić information content (AvgIpc) is 3.52. The van der Waals surface area contributed by atoms with Crippen LogP contribution >= 0.6 is 22.9 Å². The van der Waals surface area contributed by atoms with E-state index in [1.54, 1.807) is 24.3 Å². The van der Waals surface area contributed by atoms with Crippen molar-refractivity contribution in [2.75, 3.05) is 18.5 Å². The Kier molecular flexibility index (Phi) is 7.67. The molecule has 0 spiro atoms. The van der Waals surface area contributed by atoms with E-state index in [-0.39, 0.29) is 35.3 Å². The second-order valence-corrected chi connectivity index (χ2v) is 9.20. The summed E-state index contributed by atoms with van der Waals surface area (Å²) in [6.07, 6.45) is -3.71. The number of nitrogens with one attached hydrogen (secondary N) is 3. The van der Waals surface area contributed by atoms with Crippen molar-refractivity contribution in [3.63, 3.8) is 0 Å². The van der Waals surface area contributed by atoms with E-state index in [1.807, 2.05) is 0 Å². The number of benzene rings is 2.